The third-order valence-electron chi connectivity index (χ3n) is 3.51. The lowest BCUT2D eigenvalue weighted by atomic mass is 10.00. The number of halogens is 1. The fraction of sp³-hybridized carbons (Fsp3) is 0.533. The lowest BCUT2D eigenvalue weighted by Crippen LogP contribution is -2.32. The van der Waals surface area contributed by atoms with Crippen LogP contribution in [0.3, 0.4) is 0 Å². The van der Waals surface area contributed by atoms with Crippen molar-refractivity contribution in [1.29, 1.82) is 5.26 Å². The number of hydrogen-bond donors (Lipinski definition) is 1. The Morgan fingerprint density at radius 2 is 2.42 bits per heavy atom. The Bertz CT molecular complexity index is 470. The van der Waals surface area contributed by atoms with Crippen molar-refractivity contribution in [1.82, 2.24) is 5.32 Å². The van der Waals surface area contributed by atoms with Crippen LogP contribution in [0.25, 0.3) is 0 Å². The predicted octanol–water partition coefficient (Wildman–Crippen LogP) is 3.94. The van der Waals surface area contributed by atoms with Gasteiger partial charge < -0.3 is 10.1 Å². The molecule has 1 aromatic rings. The van der Waals surface area contributed by atoms with E-state index in [-0.39, 0.29) is 12.1 Å². The molecule has 0 aromatic heterocycles. The average molecular weight is 323 g/mol. The summed E-state index contributed by atoms with van der Waals surface area (Å²) in [6, 6.07) is 8.98. The lowest BCUT2D eigenvalue weighted by molar-refractivity contribution is 0.314. The summed E-state index contributed by atoms with van der Waals surface area (Å²) < 4.78 is 6.84. The molecular formula is C15H19BrN2O. The van der Waals surface area contributed by atoms with E-state index in [1.807, 2.05) is 12.1 Å². The van der Waals surface area contributed by atoms with Gasteiger partial charge in [-0.3, -0.25) is 0 Å². The maximum atomic E-state index is 8.86. The smallest absolute Gasteiger partial charge is 0.125 e. The van der Waals surface area contributed by atoms with Crippen molar-refractivity contribution in [2.45, 2.75) is 44.7 Å². The van der Waals surface area contributed by atoms with E-state index in [1.165, 1.54) is 5.56 Å². The summed E-state index contributed by atoms with van der Waals surface area (Å²) in [6.45, 7) is 2.88. The van der Waals surface area contributed by atoms with Gasteiger partial charge in [-0.05, 0) is 31.4 Å². The number of nitriles is 1. The molecule has 0 amide bonds. The number of nitrogens with one attached hydrogen (secondary N) is 1. The molecule has 0 saturated heterocycles. The highest BCUT2D eigenvalue weighted by Gasteiger charge is 2.22. The van der Waals surface area contributed by atoms with Crippen LogP contribution in [0.1, 0.15) is 44.2 Å². The van der Waals surface area contributed by atoms with Gasteiger partial charge in [0.25, 0.3) is 0 Å². The monoisotopic (exact) mass is 322 g/mol. The van der Waals surface area contributed by atoms with Crippen LogP contribution in [0, 0.1) is 11.3 Å². The number of fused-ring (bicyclic) bond motifs is 1. The summed E-state index contributed by atoms with van der Waals surface area (Å²) in [5.41, 5.74) is 1.21. The molecular weight excluding hydrogens is 304 g/mol. The fourth-order valence-corrected chi connectivity index (χ4v) is 2.78. The maximum absolute atomic E-state index is 8.86. The van der Waals surface area contributed by atoms with Gasteiger partial charge in [0.15, 0.2) is 0 Å². The van der Waals surface area contributed by atoms with Gasteiger partial charge in [0.1, 0.15) is 5.75 Å². The van der Waals surface area contributed by atoms with Gasteiger partial charge in [0.05, 0.1) is 19.1 Å². The van der Waals surface area contributed by atoms with Crippen molar-refractivity contribution < 1.29 is 4.74 Å². The van der Waals surface area contributed by atoms with E-state index in [2.05, 4.69) is 40.3 Å². The van der Waals surface area contributed by atoms with Crippen LogP contribution in [-0.4, -0.2) is 12.6 Å². The third kappa shape index (κ3) is 3.71. The predicted molar refractivity (Wildman–Crippen MR) is 79.1 cm³/mol. The first kappa shape index (κ1) is 14.4. The van der Waals surface area contributed by atoms with Crippen LogP contribution >= 0.6 is 15.9 Å². The molecule has 0 saturated carbocycles. The van der Waals surface area contributed by atoms with Crippen LogP contribution in [-0.2, 0) is 0 Å². The molecule has 0 radical (unpaired) electrons. The van der Waals surface area contributed by atoms with Crippen molar-refractivity contribution in [3.05, 3.63) is 28.2 Å². The Kier molecular flexibility index (Phi) is 5.24. The normalized spacial score (nSPS) is 19.7. The molecule has 0 fully saturated rings. The second kappa shape index (κ2) is 6.93. The van der Waals surface area contributed by atoms with E-state index in [9.17, 15) is 0 Å². The minimum absolute atomic E-state index is 0.254. The highest BCUT2D eigenvalue weighted by molar-refractivity contribution is 9.10. The van der Waals surface area contributed by atoms with Gasteiger partial charge in [-0.15, -0.1) is 0 Å². The minimum atomic E-state index is 0.254. The lowest BCUT2D eigenvalue weighted by Gasteiger charge is -2.23. The van der Waals surface area contributed by atoms with Gasteiger partial charge in [-0.2, -0.15) is 5.26 Å². The Hall–Kier alpha value is -1.05. The molecule has 1 N–H and O–H groups in total. The number of benzene rings is 1. The molecule has 4 heteroatoms. The Labute approximate surface area is 123 Å². The number of ether oxygens (including phenoxy) is 1. The van der Waals surface area contributed by atoms with Gasteiger partial charge in [0.2, 0.25) is 0 Å². The summed E-state index contributed by atoms with van der Waals surface area (Å²) in [5, 5.41) is 12.5. The third-order valence-corrected chi connectivity index (χ3v) is 4.01. The van der Waals surface area contributed by atoms with Crippen LogP contribution in [0.5, 0.6) is 5.75 Å². The molecule has 1 aliphatic heterocycles. The van der Waals surface area contributed by atoms with Crippen LogP contribution in [0.2, 0.25) is 0 Å². The van der Waals surface area contributed by atoms with Crippen molar-refractivity contribution >= 4 is 15.9 Å². The molecule has 0 spiro atoms. The zero-order chi connectivity index (χ0) is 13.7. The molecule has 0 bridgehead atoms. The fourth-order valence-electron chi connectivity index (χ4n) is 2.44. The average Bonchev–Trinajstić information content (AvgIpc) is 2.60. The van der Waals surface area contributed by atoms with E-state index < -0.39 is 0 Å². The van der Waals surface area contributed by atoms with E-state index >= 15 is 0 Å². The zero-order valence-corrected chi connectivity index (χ0v) is 12.7. The number of nitrogens with zero attached hydrogens (tertiary/aromatic N) is 1. The van der Waals surface area contributed by atoms with Gasteiger partial charge in [-0.1, -0.05) is 28.9 Å². The molecule has 3 nitrogen and oxygen atoms in total. The Morgan fingerprint density at radius 3 is 3.16 bits per heavy atom. The first-order valence-electron chi connectivity index (χ1n) is 6.79. The molecule has 0 aliphatic carbocycles. The molecule has 2 unspecified atom stereocenters. The van der Waals surface area contributed by atoms with E-state index in [4.69, 9.17) is 10.00 Å². The topological polar surface area (TPSA) is 45.0 Å². The zero-order valence-electron chi connectivity index (χ0n) is 11.2. The van der Waals surface area contributed by atoms with E-state index in [0.717, 1.165) is 36.1 Å². The maximum Gasteiger partial charge on any atom is 0.125 e. The largest absolute Gasteiger partial charge is 0.493 e. The highest BCUT2D eigenvalue weighted by atomic mass is 79.9. The first-order valence-corrected chi connectivity index (χ1v) is 7.59. The summed E-state index contributed by atoms with van der Waals surface area (Å²) in [7, 11) is 0. The molecule has 2 rings (SSSR count). The van der Waals surface area contributed by atoms with Crippen molar-refractivity contribution in [3.8, 4) is 11.8 Å². The Morgan fingerprint density at radius 1 is 1.58 bits per heavy atom. The van der Waals surface area contributed by atoms with Crippen LogP contribution < -0.4 is 10.1 Å². The number of rotatable bonds is 4. The second-order valence-corrected chi connectivity index (χ2v) is 5.78. The van der Waals surface area contributed by atoms with E-state index in [1.54, 1.807) is 0 Å². The van der Waals surface area contributed by atoms with Crippen molar-refractivity contribution in [2.75, 3.05) is 6.61 Å². The van der Waals surface area contributed by atoms with Crippen molar-refractivity contribution in [2.24, 2.45) is 0 Å². The van der Waals surface area contributed by atoms with Crippen molar-refractivity contribution in [3.63, 3.8) is 0 Å². The molecule has 2 atom stereocenters. The standard InChI is InChI=1S/C15H19BrN2O/c1-2-12(7-8-17)18-14-4-3-9-19-15-10-11(16)5-6-13(14)15/h5-6,10,12,14,18H,2-4,7,9H2,1H3. The highest BCUT2D eigenvalue weighted by Crippen LogP contribution is 2.34. The SMILES string of the molecule is CCC(CC#N)NC1CCCOc2cc(Br)ccc21. The quantitative estimate of drug-likeness (QED) is 0.913. The van der Waals surface area contributed by atoms with Crippen LogP contribution in [0.15, 0.2) is 22.7 Å². The van der Waals surface area contributed by atoms with Gasteiger partial charge >= 0.3 is 0 Å². The number of hydrogen-bond acceptors (Lipinski definition) is 3. The molecule has 1 aromatic carbocycles. The first-order chi connectivity index (χ1) is 9.24. The molecule has 1 aliphatic rings. The summed E-state index contributed by atoms with van der Waals surface area (Å²) >= 11 is 3.48. The van der Waals surface area contributed by atoms with E-state index in [0.29, 0.717) is 6.42 Å². The summed E-state index contributed by atoms with van der Waals surface area (Å²) in [4.78, 5) is 0. The molecule has 1 heterocycles. The van der Waals surface area contributed by atoms with Gasteiger partial charge in [0, 0.05) is 22.1 Å². The molecule has 102 valence electrons. The summed E-state index contributed by atoms with van der Waals surface area (Å²) in [5.74, 6) is 0.955. The summed E-state index contributed by atoms with van der Waals surface area (Å²) in [6.07, 6.45) is 3.61. The molecule has 19 heavy (non-hydrogen) atoms. The van der Waals surface area contributed by atoms with Gasteiger partial charge in [-0.25, -0.2) is 0 Å². The second-order valence-electron chi connectivity index (χ2n) is 4.86. The van der Waals surface area contributed by atoms with Crippen LogP contribution in [0.4, 0.5) is 0 Å². The minimum Gasteiger partial charge on any atom is -0.493 e. The Balaban J connectivity index is 2.19.